The van der Waals surface area contributed by atoms with Crippen LogP contribution in [0.25, 0.3) is 0 Å². The molecule has 7 heteroatoms. The van der Waals surface area contributed by atoms with Crippen molar-refractivity contribution < 1.29 is 14.3 Å². The normalized spacial score (nSPS) is 9.97. The van der Waals surface area contributed by atoms with E-state index >= 15 is 0 Å². The van der Waals surface area contributed by atoms with E-state index in [9.17, 15) is 10.1 Å². The van der Waals surface area contributed by atoms with Crippen LogP contribution in [0.15, 0.2) is 98.6 Å². The molecule has 3 aromatic carbocycles. The molecule has 0 saturated heterocycles. The van der Waals surface area contributed by atoms with Crippen LogP contribution >= 0.6 is 23.5 Å². The van der Waals surface area contributed by atoms with E-state index < -0.39 is 0 Å². The molecule has 0 atom stereocenters. The minimum Gasteiger partial charge on any atom is -0.497 e. The van der Waals surface area contributed by atoms with Crippen molar-refractivity contribution in [1.29, 1.82) is 5.26 Å². The molecule has 0 aromatic heterocycles. The molecule has 0 fully saturated rings. The molecule has 31 heavy (non-hydrogen) atoms. The second-order valence-electron chi connectivity index (χ2n) is 6.16. The summed E-state index contributed by atoms with van der Waals surface area (Å²) >= 11 is 2.76. The molecule has 0 aliphatic heterocycles. The lowest BCUT2D eigenvalue weighted by atomic mass is 10.2. The van der Waals surface area contributed by atoms with Gasteiger partial charge in [0.25, 0.3) is 5.91 Å². The van der Waals surface area contributed by atoms with Gasteiger partial charge in [0.1, 0.15) is 23.3 Å². The molecule has 0 aliphatic rings. The first-order chi connectivity index (χ1) is 15.1. The summed E-state index contributed by atoms with van der Waals surface area (Å²) in [4.78, 5) is 14.4. The molecule has 0 unspecified atom stereocenters. The summed E-state index contributed by atoms with van der Waals surface area (Å²) in [6, 6.07) is 26.0. The molecule has 1 amide bonds. The summed E-state index contributed by atoms with van der Waals surface area (Å²) in [5.41, 5.74) is 0.654. The molecule has 0 heterocycles. The third-order valence-electron chi connectivity index (χ3n) is 4.09. The van der Waals surface area contributed by atoms with Crippen LogP contribution in [0.1, 0.15) is 10.4 Å². The van der Waals surface area contributed by atoms with E-state index in [4.69, 9.17) is 9.47 Å². The van der Waals surface area contributed by atoms with Crippen LogP contribution in [0.4, 0.5) is 0 Å². The number of carbonyl (C=O) groups excluding carboxylic acids is 1. The fraction of sp³-hybridized carbons (Fsp3) is 0.0833. The molecule has 0 aliphatic carbocycles. The van der Waals surface area contributed by atoms with Crippen molar-refractivity contribution in [1.82, 2.24) is 5.32 Å². The molecule has 0 radical (unpaired) electrons. The standard InChI is InChI=1S/C24H20N2O3S2/c1-28-18-10-6-12-20(14-18)30-24(31-21-13-7-11-19(15-21)29-2)22(16-25)26-23(27)17-8-4-3-5-9-17/h3-15H,1-2H3,(H,26,27). The summed E-state index contributed by atoms with van der Waals surface area (Å²) in [7, 11) is 3.21. The number of ether oxygens (including phenoxy) is 2. The highest BCUT2D eigenvalue weighted by atomic mass is 32.2. The highest BCUT2D eigenvalue weighted by Crippen LogP contribution is 2.42. The third kappa shape index (κ3) is 6.32. The van der Waals surface area contributed by atoms with Gasteiger partial charge in [-0.25, -0.2) is 0 Å². The van der Waals surface area contributed by atoms with Crippen LogP contribution < -0.4 is 14.8 Å². The highest BCUT2D eigenvalue weighted by molar-refractivity contribution is 8.22. The van der Waals surface area contributed by atoms with Gasteiger partial charge in [0.15, 0.2) is 0 Å². The van der Waals surface area contributed by atoms with Gasteiger partial charge in [-0.1, -0.05) is 53.9 Å². The molecule has 3 aromatic rings. The first kappa shape index (κ1) is 22.3. The first-order valence-corrected chi connectivity index (χ1v) is 10.9. The van der Waals surface area contributed by atoms with E-state index in [0.29, 0.717) is 21.3 Å². The smallest absolute Gasteiger partial charge is 0.256 e. The largest absolute Gasteiger partial charge is 0.497 e. The van der Waals surface area contributed by atoms with Crippen molar-refractivity contribution in [3.63, 3.8) is 0 Å². The minimum atomic E-state index is -0.341. The van der Waals surface area contributed by atoms with Crippen LogP contribution in [0, 0.1) is 11.3 Å². The summed E-state index contributed by atoms with van der Waals surface area (Å²) in [5, 5.41) is 12.6. The number of benzene rings is 3. The Labute approximate surface area is 190 Å². The Morgan fingerprint density at radius 1 is 0.839 bits per heavy atom. The quantitative estimate of drug-likeness (QED) is 0.351. The number of nitriles is 1. The molecule has 0 saturated carbocycles. The maximum Gasteiger partial charge on any atom is 0.256 e. The van der Waals surface area contributed by atoms with Crippen molar-refractivity contribution >= 4 is 29.4 Å². The average molecular weight is 449 g/mol. The molecule has 0 spiro atoms. The Kier molecular flexibility index (Phi) is 8.05. The first-order valence-electron chi connectivity index (χ1n) is 9.27. The van der Waals surface area contributed by atoms with Crippen LogP contribution in [0.2, 0.25) is 0 Å². The Balaban J connectivity index is 1.96. The van der Waals surface area contributed by atoms with Crippen LogP contribution in [-0.4, -0.2) is 20.1 Å². The van der Waals surface area contributed by atoms with Crippen molar-refractivity contribution in [2.45, 2.75) is 9.79 Å². The van der Waals surface area contributed by atoms with Crippen molar-refractivity contribution in [3.8, 4) is 17.6 Å². The zero-order valence-corrected chi connectivity index (χ0v) is 18.6. The number of methoxy groups -OCH3 is 2. The van der Waals surface area contributed by atoms with E-state index in [2.05, 4.69) is 11.4 Å². The molecule has 0 bridgehead atoms. The summed E-state index contributed by atoms with van der Waals surface area (Å²) in [6.07, 6.45) is 0. The fourth-order valence-corrected chi connectivity index (χ4v) is 4.78. The van der Waals surface area contributed by atoms with Gasteiger partial charge < -0.3 is 14.8 Å². The molecule has 5 nitrogen and oxygen atoms in total. The lowest BCUT2D eigenvalue weighted by Gasteiger charge is -2.12. The molecular weight excluding hydrogens is 428 g/mol. The molecule has 156 valence electrons. The summed E-state index contributed by atoms with van der Waals surface area (Å²) in [6.45, 7) is 0. The number of nitrogens with one attached hydrogen (secondary N) is 1. The van der Waals surface area contributed by atoms with Gasteiger partial charge in [0.2, 0.25) is 0 Å². The number of amides is 1. The lowest BCUT2D eigenvalue weighted by Crippen LogP contribution is -2.22. The summed E-state index contributed by atoms with van der Waals surface area (Å²) in [5.74, 6) is 1.08. The average Bonchev–Trinajstić information content (AvgIpc) is 2.82. The Morgan fingerprint density at radius 2 is 1.39 bits per heavy atom. The summed E-state index contributed by atoms with van der Waals surface area (Å²) < 4.78 is 11.2. The van der Waals surface area contributed by atoms with Gasteiger partial charge >= 0.3 is 0 Å². The van der Waals surface area contributed by atoms with E-state index in [1.54, 1.807) is 38.5 Å². The predicted molar refractivity (Wildman–Crippen MR) is 124 cm³/mol. The maximum atomic E-state index is 12.7. The van der Waals surface area contributed by atoms with E-state index in [1.807, 2.05) is 54.6 Å². The van der Waals surface area contributed by atoms with Crippen LogP contribution in [0.3, 0.4) is 0 Å². The van der Waals surface area contributed by atoms with E-state index in [0.717, 1.165) is 9.79 Å². The van der Waals surface area contributed by atoms with Crippen molar-refractivity contribution in [2.75, 3.05) is 14.2 Å². The SMILES string of the molecule is COc1cccc(SC(Sc2cccc(OC)c2)=C(C#N)NC(=O)c2ccccc2)c1. The van der Waals surface area contributed by atoms with Gasteiger partial charge in [-0.05, 0) is 48.5 Å². The van der Waals surface area contributed by atoms with Gasteiger partial charge in [0, 0.05) is 15.4 Å². The van der Waals surface area contributed by atoms with Gasteiger partial charge in [-0.2, -0.15) is 5.26 Å². The van der Waals surface area contributed by atoms with Crippen LogP contribution in [-0.2, 0) is 0 Å². The number of nitrogens with zero attached hydrogens (tertiary/aromatic N) is 1. The highest BCUT2D eigenvalue weighted by Gasteiger charge is 2.16. The third-order valence-corrected chi connectivity index (χ3v) is 6.35. The van der Waals surface area contributed by atoms with Crippen molar-refractivity contribution in [2.24, 2.45) is 0 Å². The van der Waals surface area contributed by atoms with Gasteiger partial charge in [-0.15, -0.1) is 0 Å². The predicted octanol–water partition coefficient (Wildman–Crippen LogP) is 5.71. The van der Waals surface area contributed by atoms with Crippen LogP contribution in [0.5, 0.6) is 11.5 Å². The minimum absolute atomic E-state index is 0.175. The lowest BCUT2D eigenvalue weighted by molar-refractivity contribution is 0.0967. The second kappa shape index (κ2) is 11.2. The Morgan fingerprint density at radius 3 is 1.87 bits per heavy atom. The Bertz CT molecular complexity index is 1070. The number of hydrogen-bond acceptors (Lipinski definition) is 6. The number of thioether (sulfide) groups is 2. The zero-order chi connectivity index (χ0) is 22.1. The number of rotatable bonds is 8. The number of carbonyl (C=O) groups is 1. The number of hydrogen-bond donors (Lipinski definition) is 1. The monoisotopic (exact) mass is 448 g/mol. The molecular formula is C24H20N2O3S2. The fourth-order valence-electron chi connectivity index (χ4n) is 2.57. The van der Waals surface area contributed by atoms with Gasteiger partial charge in [-0.3, -0.25) is 4.79 Å². The zero-order valence-electron chi connectivity index (χ0n) is 17.0. The molecule has 1 N–H and O–H groups in total. The maximum absolute atomic E-state index is 12.7. The molecule has 3 rings (SSSR count). The van der Waals surface area contributed by atoms with E-state index in [1.165, 1.54) is 23.5 Å². The Hall–Kier alpha value is -3.34. The van der Waals surface area contributed by atoms with E-state index in [-0.39, 0.29) is 11.6 Å². The van der Waals surface area contributed by atoms with Crippen molar-refractivity contribution in [3.05, 3.63) is 94.4 Å². The number of allylic oxidation sites excluding steroid dienone is 1. The van der Waals surface area contributed by atoms with Gasteiger partial charge in [0.05, 0.1) is 18.5 Å². The topological polar surface area (TPSA) is 71.3 Å². The second-order valence-corrected chi connectivity index (χ2v) is 8.58.